The van der Waals surface area contributed by atoms with E-state index < -0.39 is 5.82 Å². The van der Waals surface area contributed by atoms with Gasteiger partial charge in [-0.15, -0.1) is 11.3 Å². The number of fused-ring (bicyclic) bond motifs is 1. The van der Waals surface area contributed by atoms with Crippen LogP contribution >= 0.6 is 22.9 Å². The van der Waals surface area contributed by atoms with Crippen molar-refractivity contribution in [1.82, 2.24) is 9.97 Å². The Kier molecular flexibility index (Phi) is 3.65. The SMILES string of the molecule is CNc1nc(Oc2ccc(Cl)c(F)c2)c2cc(C)sc2n1. The molecule has 0 aliphatic carbocycles. The quantitative estimate of drug-likeness (QED) is 0.763. The Balaban J connectivity index is 2.07. The van der Waals surface area contributed by atoms with Gasteiger partial charge in [0.25, 0.3) is 0 Å². The minimum absolute atomic E-state index is 0.0532. The average molecular weight is 324 g/mol. The summed E-state index contributed by atoms with van der Waals surface area (Å²) in [6, 6.07) is 6.22. The molecule has 108 valence electrons. The van der Waals surface area contributed by atoms with Crippen LogP contribution in [0.4, 0.5) is 10.3 Å². The van der Waals surface area contributed by atoms with Crippen LogP contribution in [0, 0.1) is 12.7 Å². The number of aryl methyl sites for hydroxylation is 1. The number of benzene rings is 1. The number of thiophene rings is 1. The van der Waals surface area contributed by atoms with E-state index in [2.05, 4.69) is 15.3 Å². The van der Waals surface area contributed by atoms with E-state index in [0.717, 1.165) is 15.1 Å². The Morgan fingerprint density at radius 1 is 1.29 bits per heavy atom. The fraction of sp³-hybridized carbons (Fsp3) is 0.143. The molecule has 0 unspecified atom stereocenters. The van der Waals surface area contributed by atoms with Crippen LogP contribution in [0.1, 0.15) is 4.88 Å². The maximum absolute atomic E-state index is 13.5. The molecule has 0 saturated carbocycles. The molecule has 0 aliphatic heterocycles. The second-order valence-electron chi connectivity index (χ2n) is 4.36. The summed E-state index contributed by atoms with van der Waals surface area (Å²) < 4.78 is 19.2. The number of rotatable bonds is 3. The fourth-order valence-electron chi connectivity index (χ4n) is 1.86. The first-order valence-electron chi connectivity index (χ1n) is 6.15. The van der Waals surface area contributed by atoms with Crippen LogP contribution in [0.15, 0.2) is 24.3 Å². The molecule has 3 rings (SSSR count). The maximum Gasteiger partial charge on any atom is 0.232 e. The molecule has 0 amide bonds. The first-order valence-corrected chi connectivity index (χ1v) is 7.35. The van der Waals surface area contributed by atoms with Gasteiger partial charge in [0.2, 0.25) is 11.8 Å². The summed E-state index contributed by atoms with van der Waals surface area (Å²) in [6.45, 7) is 1.98. The minimum atomic E-state index is -0.533. The van der Waals surface area contributed by atoms with Gasteiger partial charge in [-0.25, -0.2) is 9.37 Å². The maximum atomic E-state index is 13.5. The van der Waals surface area contributed by atoms with Gasteiger partial charge in [0.1, 0.15) is 16.4 Å². The van der Waals surface area contributed by atoms with Gasteiger partial charge in [-0.05, 0) is 25.1 Å². The topological polar surface area (TPSA) is 47.0 Å². The summed E-state index contributed by atoms with van der Waals surface area (Å²) in [5, 5.41) is 3.74. The lowest BCUT2D eigenvalue weighted by Crippen LogP contribution is -1.98. The van der Waals surface area contributed by atoms with Gasteiger partial charge in [-0.1, -0.05) is 11.6 Å². The summed E-state index contributed by atoms with van der Waals surface area (Å²) in [5.74, 6) is 0.641. The monoisotopic (exact) mass is 323 g/mol. The number of nitrogens with one attached hydrogen (secondary N) is 1. The molecule has 2 aromatic heterocycles. The lowest BCUT2D eigenvalue weighted by molar-refractivity contribution is 0.464. The van der Waals surface area contributed by atoms with Crippen LogP contribution in [-0.4, -0.2) is 17.0 Å². The number of hydrogen-bond acceptors (Lipinski definition) is 5. The fourth-order valence-corrected chi connectivity index (χ4v) is 2.84. The predicted molar refractivity (Wildman–Crippen MR) is 83.2 cm³/mol. The van der Waals surface area contributed by atoms with Crippen LogP contribution < -0.4 is 10.1 Å². The summed E-state index contributed by atoms with van der Waals surface area (Å²) in [5.41, 5.74) is 0. The zero-order chi connectivity index (χ0) is 15.0. The van der Waals surface area contributed by atoms with Crippen molar-refractivity contribution in [2.75, 3.05) is 12.4 Å². The van der Waals surface area contributed by atoms with Crippen LogP contribution in [0.5, 0.6) is 11.6 Å². The Labute approximate surface area is 129 Å². The molecule has 0 spiro atoms. The lowest BCUT2D eigenvalue weighted by atomic mass is 10.3. The van der Waals surface area contributed by atoms with Crippen molar-refractivity contribution >= 4 is 39.1 Å². The van der Waals surface area contributed by atoms with Gasteiger partial charge in [0.15, 0.2) is 0 Å². The molecule has 0 bridgehead atoms. The van der Waals surface area contributed by atoms with Crippen molar-refractivity contribution in [2.24, 2.45) is 0 Å². The van der Waals surface area contributed by atoms with Gasteiger partial charge in [0.05, 0.1) is 10.4 Å². The Hall–Kier alpha value is -1.92. The Morgan fingerprint density at radius 3 is 2.81 bits per heavy atom. The molecule has 21 heavy (non-hydrogen) atoms. The number of nitrogens with zero attached hydrogens (tertiary/aromatic N) is 2. The molecular formula is C14H11ClFN3OS. The van der Waals surface area contributed by atoms with Gasteiger partial charge in [-0.3, -0.25) is 0 Å². The number of ether oxygens (including phenoxy) is 1. The van der Waals surface area contributed by atoms with E-state index >= 15 is 0 Å². The van der Waals surface area contributed by atoms with Gasteiger partial charge in [0, 0.05) is 18.0 Å². The van der Waals surface area contributed by atoms with E-state index in [4.69, 9.17) is 16.3 Å². The summed E-state index contributed by atoms with van der Waals surface area (Å²) in [4.78, 5) is 10.6. The number of anilines is 1. The van der Waals surface area contributed by atoms with Crippen molar-refractivity contribution in [2.45, 2.75) is 6.92 Å². The smallest absolute Gasteiger partial charge is 0.232 e. The van der Waals surface area contributed by atoms with Crippen molar-refractivity contribution < 1.29 is 9.13 Å². The highest BCUT2D eigenvalue weighted by molar-refractivity contribution is 7.18. The molecule has 1 aromatic carbocycles. The molecule has 0 radical (unpaired) electrons. The van der Waals surface area contributed by atoms with Crippen LogP contribution in [0.3, 0.4) is 0 Å². The highest BCUT2D eigenvalue weighted by Crippen LogP contribution is 2.34. The van der Waals surface area contributed by atoms with Crippen LogP contribution in [0.25, 0.3) is 10.2 Å². The summed E-state index contributed by atoms with van der Waals surface area (Å²) in [6.07, 6.45) is 0. The van der Waals surface area contributed by atoms with Gasteiger partial charge >= 0.3 is 0 Å². The average Bonchev–Trinajstić information content (AvgIpc) is 2.83. The molecule has 2 heterocycles. The van der Waals surface area contributed by atoms with E-state index in [-0.39, 0.29) is 5.02 Å². The summed E-state index contributed by atoms with van der Waals surface area (Å²) >= 11 is 7.21. The molecule has 0 saturated heterocycles. The number of halogens is 2. The molecule has 0 aliphatic rings. The highest BCUT2D eigenvalue weighted by atomic mass is 35.5. The van der Waals surface area contributed by atoms with E-state index in [0.29, 0.717) is 17.6 Å². The second kappa shape index (κ2) is 5.46. The number of hydrogen-bond donors (Lipinski definition) is 1. The van der Waals surface area contributed by atoms with Crippen LogP contribution in [0.2, 0.25) is 5.02 Å². The normalized spacial score (nSPS) is 10.9. The zero-order valence-corrected chi connectivity index (χ0v) is 12.8. The Bertz CT molecular complexity index is 821. The van der Waals surface area contributed by atoms with E-state index in [1.807, 2.05) is 13.0 Å². The van der Waals surface area contributed by atoms with Crippen molar-refractivity contribution in [3.05, 3.63) is 40.0 Å². The lowest BCUT2D eigenvalue weighted by Gasteiger charge is -2.08. The molecule has 0 fully saturated rings. The van der Waals surface area contributed by atoms with Crippen LogP contribution in [-0.2, 0) is 0 Å². The molecule has 3 aromatic rings. The second-order valence-corrected chi connectivity index (χ2v) is 6.00. The third-order valence-corrected chi connectivity index (χ3v) is 4.06. The molecule has 7 heteroatoms. The Morgan fingerprint density at radius 2 is 2.10 bits per heavy atom. The van der Waals surface area contributed by atoms with Crippen molar-refractivity contribution in [3.63, 3.8) is 0 Å². The van der Waals surface area contributed by atoms with E-state index in [9.17, 15) is 4.39 Å². The molecule has 4 nitrogen and oxygen atoms in total. The zero-order valence-electron chi connectivity index (χ0n) is 11.3. The van der Waals surface area contributed by atoms with Gasteiger partial charge < -0.3 is 10.1 Å². The molecule has 0 atom stereocenters. The standard InChI is InChI=1S/C14H11ClFN3OS/c1-7-5-9-12(18-14(17-2)19-13(9)21-7)20-8-3-4-10(15)11(16)6-8/h3-6H,1-2H3,(H,17,18,19). The van der Waals surface area contributed by atoms with Gasteiger partial charge in [-0.2, -0.15) is 4.98 Å². The van der Waals surface area contributed by atoms with E-state index in [1.54, 1.807) is 24.5 Å². The first-order chi connectivity index (χ1) is 10.1. The van der Waals surface area contributed by atoms with Crippen molar-refractivity contribution in [3.8, 4) is 11.6 Å². The third kappa shape index (κ3) is 2.77. The largest absolute Gasteiger partial charge is 0.438 e. The molecule has 1 N–H and O–H groups in total. The number of aromatic nitrogens is 2. The summed E-state index contributed by atoms with van der Waals surface area (Å²) in [7, 11) is 1.73. The first kappa shape index (κ1) is 14.0. The molecular weight excluding hydrogens is 313 g/mol. The highest BCUT2D eigenvalue weighted by Gasteiger charge is 2.13. The van der Waals surface area contributed by atoms with Crippen molar-refractivity contribution in [1.29, 1.82) is 0 Å². The minimum Gasteiger partial charge on any atom is -0.438 e. The predicted octanol–water partition coefficient (Wildman–Crippen LogP) is 4.63. The van der Waals surface area contributed by atoms with E-state index in [1.165, 1.54) is 12.1 Å². The third-order valence-electron chi connectivity index (χ3n) is 2.81.